The number of H-pyrrole nitrogens is 1. The van der Waals surface area contributed by atoms with Gasteiger partial charge in [0, 0.05) is 22.8 Å². The number of alkyl halides is 3. The molecule has 2 atom stereocenters. The fourth-order valence-electron chi connectivity index (χ4n) is 4.07. The highest BCUT2D eigenvalue weighted by atomic mass is 32.1. The number of carbonyl (C=O) groups is 1. The summed E-state index contributed by atoms with van der Waals surface area (Å²) in [5.74, 6) is -2.98. The highest BCUT2D eigenvalue weighted by Gasteiger charge is 2.43. The molecule has 3 aromatic heterocycles. The number of hydrogen-bond donors (Lipinski definition) is 3. The molecule has 0 bridgehead atoms. The van der Waals surface area contributed by atoms with Crippen LogP contribution in [0, 0.1) is 11.6 Å². The van der Waals surface area contributed by atoms with Gasteiger partial charge in [-0.15, -0.1) is 21.5 Å². The second-order valence-electron chi connectivity index (χ2n) is 8.84. The third-order valence-electron chi connectivity index (χ3n) is 6.17. The van der Waals surface area contributed by atoms with Crippen LogP contribution in [0.3, 0.4) is 0 Å². The van der Waals surface area contributed by atoms with E-state index in [1.54, 1.807) is 12.1 Å². The molecule has 3 N–H and O–H groups in total. The maximum atomic E-state index is 14.8. The second-order valence-corrected chi connectivity index (χ2v) is 9.84. The quantitative estimate of drug-likeness (QED) is 0.232. The molecule has 41 heavy (non-hydrogen) atoms. The summed E-state index contributed by atoms with van der Waals surface area (Å²) in [5.41, 5.74) is -3.29. The van der Waals surface area contributed by atoms with Gasteiger partial charge in [-0.25, -0.2) is 23.4 Å². The molecule has 0 saturated heterocycles. The number of hydrogen-bond acceptors (Lipinski definition) is 9. The molecule has 0 aliphatic rings. The van der Waals surface area contributed by atoms with Gasteiger partial charge in [0.2, 0.25) is 5.82 Å². The van der Waals surface area contributed by atoms with E-state index in [4.69, 9.17) is 0 Å². The van der Waals surface area contributed by atoms with Crippen LogP contribution >= 0.6 is 11.3 Å². The first-order chi connectivity index (χ1) is 19.5. The van der Waals surface area contributed by atoms with Crippen LogP contribution in [0.5, 0.6) is 0 Å². The van der Waals surface area contributed by atoms with Crippen molar-refractivity contribution in [1.82, 2.24) is 45.7 Å². The number of thiazole rings is 1. The van der Waals surface area contributed by atoms with Gasteiger partial charge in [-0.2, -0.15) is 23.5 Å². The largest absolute Gasteiger partial charge is 0.435 e. The fraction of sp³-hybridized carbons (Fsp3) is 0.208. The van der Waals surface area contributed by atoms with Gasteiger partial charge >= 0.3 is 6.18 Å². The van der Waals surface area contributed by atoms with Crippen molar-refractivity contribution in [2.75, 3.05) is 0 Å². The Hall–Kier alpha value is -4.64. The van der Waals surface area contributed by atoms with Crippen LogP contribution < -0.4 is 5.32 Å². The Morgan fingerprint density at radius 1 is 1.15 bits per heavy atom. The number of carbonyl (C=O) groups excluding carboxylic acids is 1. The molecule has 0 unspecified atom stereocenters. The molecule has 1 amide bonds. The number of aromatic amines is 1. The molecule has 2 aromatic carbocycles. The smallest absolute Gasteiger partial charge is 0.381 e. The van der Waals surface area contributed by atoms with Gasteiger partial charge in [-0.05, 0) is 18.2 Å². The number of halogens is 5. The molecule has 0 radical (unpaired) electrons. The third-order valence-corrected chi connectivity index (χ3v) is 7.27. The minimum absolute atomic E-state index is 0.0998. The van der Waals surface area contributed by atoms with Crippen LogP contribution in [-0.2, 0) is 18.3 Å². The molecule has 0 spiro atoms. The lowest BCUT2D eigenvalue weighted by Gasteiger charge is -2.35. The topological polar surface area (TPSA) is 147 Å². The minimum atomic E-state index is -4.99. The summed E-state index contributed by atoms with van der Waals surface area (Å²) in [6, 6.07) is 7.11. The van der Waals surface area contributed by atoms with Crippen LogP contribution in [-0.4, -0.2) is 57.4 Å². The number of nitrogens with zero attached hydrogens (tertiary/aromatic N) is 7. The van der Waals surface area contributed by atoms with E-state index in [1.807, 2.05) is 0 Å². The van der Waals surface area contributed by atoms with Gasteiger partial charge in [0.25, 0.3) is 5.91 Å². The van der Waals surface area contributed by atoms with Crippen LogP contribution in [0.1, 0.15) is 27.9 Å². The van der Waals surface area contributed by atoms with Gasteiger partial charge in [-0.3, -0.25) is 4.79 Å². The summed E-state index contributed by atoms with van der Waals surface area (Å²) in [6.45, 7) is 0.799. The summed E-state index contributed by atoms with van der Waals surface area (Å²) in [7, 11) is 0. The third kappa shape index (κ3) is 5.66. The van der Waals surface area contributed by atoms with Crippen LogP contribution in [0.2, 0.25) is 0 Å². The molecule has 17 heteroatoms. The predicted molar refractivity (Wildman–Crippen MR) is 133 cm³/mol. The van der Waals surface area contributed by atoms with Gasteiger partial charge in [-0.1, -0.05) is 30.3 Å². The zero-order chi connectivity index (χ0) is 29.4. The Kier molecular flexibility index (Phi) is 7.31. The maximum Gasteiger partial charge on any atom is 0.435 e. The lowest BCUT2D eigenvalue weighted by atomic mass is 9.86. The minimum Gasteiger partial charge on any atom is -0.381 e. The van der Waals surface area contributed by atoms with E-state index in [0.717, 1.165) is 23.1 Å². The van der Waals surface area contributed by atoms with Crippen LogP contribution in [0.15, 0.2) is 55.1 Å². The van der Waals surface area contributed by atoms with Crippen LogP contribution in [0.25, 0.3) is 22.0 Å². The Bertz CT molecular complexity index is 1660. The highest BCUT2D eigenvalue weighted by molar-refractivity contribution is 7.17. The molecule has 0 aliphatic heterocycles. The zero-order valence-corrected chi connectivity index (χ0v) is 21.6. The number of rotatable bonds is 8. The fourth-order valence-corrected chi connectivity index (χ4v) is 5.07. The Balaban J connectivity index is 1.47. The maximum absolute atomic E-state index is 14.8. The van der Waals surface area contributed by atoms with Crippen molar-refractivity contribution in [3.05, 3.63) is 82.9 Å². The summed E-state index contributed by atoms with van der Waals surface area (Å²) in [5, 5.41) is 31.1. The highest BCUT2D eigenvalue weighted by Crippen LogP contribution is 2.38. The lowest BCUT2D eigenvalue weighted by Crippen LogP contribution is -2.52. The normalized spacial score (nSPS) is 14.0. The van der Waals surface area contributed by atoms with Gasteiger partial charge in [0.05, 0.1) is 12.6 Å². The van der Waals surface area contributed by atoms with E-state index in [-0.39, 0.29) is 16.4 Å². The average Bonchev–Trinajstić information content (AvgIpc) is 3.70. The standard InChI is InChI=1S/C24H18F5N9O2S/c1-12(23(40,9-38-11-30-10-31-38)16-7-6-15(25)8-17(16)26)32-21(39)18-19(24(27,28)29)33-22(41-18)14-4-2-13(3-5-14)20-34-36-37-35-20/h2-8,10-12,40H,9H2,1H3,(H,32,39)(H,34,35,36,37)/t12-,23-/m1/s1. The van der Waals surface area contributed by atoms with Crippen molar-refractivity contribution in [2.45, 2.75) is 31.3 Å². The number of nitrogens with one attached hydrogen (secondary N) is 2. The number of amides is 1. The van der Waals surface area contributed by atoms with Crippen molar-refractivity contribution in [1.29, 1.82) is 0 Å². The van der Waals surface area contributed by atoms with Crippen molar-refractivity contribution < 1.29 is 31.9 Å². The first-order valence-corrected chi connectivity index (χ1v) is 12.5. The number of tetrazole rings is 1. The molecule has 3 heterocycles. The molecule has 5 rings (SSSR count). The van der Waals surface area contributed by atoms with Gasteiger partial charge < -0.3 is 10.4 Å². The van der Waals surface area contributed by atoms with E-state index in [2.05, 4.69) is 41.0 Å². The van der Waals surface area contributed by atoms with E-state index in [9.17, 15) is 31.9 Å². The lowest BCUT2D eigenvalue weighted by molar-refractivity contribution is -0.141. The molecule has 0 saturated carbocycles. The van der Waals surface area contributed by atoms with Crippen molar-refractivity contribution in [2.24, 2.45) is 0 Å². The number of benzene rings is 2. The van der Waals surface area contributed by atoms with Gasteiger partial charge in [0.15, 0.2) is 5.69 Å². The van der Waals surface area contributed by atoms with E-state index in [1.165, 1.54) is 25.4 Å². The summed E-state index contributed by atoms with van der Waals surface area (Å²) in [4.78, 5) is 19.9. The van der Waals surface area contributed by atoms with Crippen molar-refractivity contribution >= 4 is 17.2 Å². The average molecular weight is 592 g/mol. The Labute approximate surface area is 231 Å². The molecular formula is C24H18F5N9O2S. The Morgan fingerprint density at radius 3 is 2.49 bits per heavy atom. The second kappa shape index (κ2) is 10.7. The van der Waals surface area contributed by atoms with Crippen molar-refractivity contribution in [3.8, 4) is 22.0 Å². The van der Waals surface area contributed by atoms with E-state index >= 15 is 0 Å². The molecular weight excluding hydrogens is 573 g/mol. The first-order valence-electron chi connectivity index (χ1n) is 11.7. The Morgan fingerprint density at radius 2 is 1.88 bits per heavy atom. The van der Waals surface area contributed by atoms with Crippen molar-refractivity contribution in [3.63, 3.8) is 0 Å². The zero-order valence-electron chi connectivity index (χ0n) is 20.8. The predicted octanol–water partition coefficient (Wildman–Crippen LogP) is 3.59. The molecule has 0 fully saturated rings. The number of aliphatic hydroxyl groups is 1. The SMILES string of the molecule is C[C@@H](NC(=O)c1sc(-c2ccc(-c3nn[nH]n3)cc2)nc1C(F)(F)F)[C@](O)(Cn1cncn1)c1ccc(F)cc1F. The monoisotopic (exact) mass is 591 g/mol. The van der Waals surface area contributed by atoms with Crippen LogP contribution in [0.4, 0.5) is 22.0 Å². The molecule has 5 aromatic rings. The molecule has 212 valence electrons. The van der Waals surface area contributed by atoms with E-state index < -0.39 is 58.0 Å². The summed E-state index contributed by atoms with van der Waals surface area (Å²) in [6.07, 6.45) is -2.63. The first kappa shape index (κ1) is 27.9. The summed E-state index contributed by atoms with van der Waals surface area (Å²) < 4.78 is 71.4. The van der Waals surface area contributed by atoms with Gasteiger partial charge in [0.1, 0.15) is 39.8 Å². The summed E-state index contributed by atoms with van der Waals surface area (Å²) >= 11 is 0.484. The molecule has 0 aliphatic carbocycles. The number of aromatic nitrogens is 8. The molecule has 11 nitrogen and oxygen atoms in total. The van der Waals surface area contributed by atoms with E-state index in [0.29, 0.717) is 23.0 Å².